The topological polar surface area (TPSA) is 59.8 Å². The van der Waals surface area contributed by atoms with Crippen molar-refractivity contribution in [3.63, 3.8) is 0 Å². The summed E-state index contributed by atoms with van der Waals surface area (Å²) in [6.45, 7) is 5.96. The van der Waals surface area contributed by atoms with Gasteiger partial charge in [0.25, 0.3) is 0 Å². The predicted octanol–water partition coefficient (Wildman–Crippen LogP) is 3.44. The zero-order chi connectivity index (χ0) is 16.4. The third kappa shape index (κ3) is 3.48. The van der Waals surface area contributed by atoms with E-state index in [1.54, 1.807) is 11.3 Å². The maximum atomic E-state index is 12.0. The number of hydrogen-bond acceptors (Lipinski definition) is 4. The summed E-state index contributed by atoms with van der Waals surface area (Å²) in [6, 6.07) is 7.73. The SMILES string of the molecule is Cc1nc(CC(=O)Nc2ccc(-n3cnc(C)c3C)cc2)cs1. The first-order valence-corrected chi connectivity index (χ1v) is 8.23. The van der Waals surface area contributed by atoms with Crippen LogP contribution in [0.15, 0.2) is 36.0 Å². The normalized spacial score (nSPS) is 10.7. The van der Waals surface area contributed by atoms with Crippen LogP contribution in [0.3, 0.4) is 0 Å². The van der Waals surface area contributed by atoms with Crippen molar-refractivity contribution in [2.75, 3.05) is 5.32 Å². The number of anilines is 1. The molecule has 0 fully saturated rings. The largest absolute Gasteiger partial charge is 0.326 e. The minimum Gasteiger partial charge on any atom is -0.326 e. The van der Waals surface area contributed by atoms with Crippen molar-refractivity contribution in [1.82, 2.24) is 14.5 Å². The van der Waals surface area contributed by atoms with Gasteiger partial charge in [-0.3, -0.25) is 4.79 Å². The number of aryl methyl sites for hydroxylation is 2. The molecule has 0 atom stereocenters. The van der Waals surface area contributed by atoms with E-state index in [-0.39, 0.29) is 5.91 Å². The molecule has 0 aliphatic heterocycles. The Hall–Kier alpha value is -2.47. The van der Waals surface area contributed by atoms with Crippen molar-refractivity contribution in [2.24, 2.45) is 0 Å². The molecule has 2 heterocycles. The van der Waals surface area contributed by atoms with E-state index in [2.05, 4.69) is 15.3 Å². The van der Waals surface area contributed by atoms with E-state index in [9.17, 15) is 4.79 Å². The van der Waals surface area contributed by atoms with Gasteiger partial charge in [-0.05, 0) is 45.0 Å². The Morgan fingerprint density at radius 3 is 2.52 bits per heavy atom. The van der Waals surface area contributed by atoms with E-state index in [1.165, 1.54) is 0 Å². The molecule has 3 rings (SSSR count). The number of aromatic nitrogens is 3. The van der Waals surface area contributed by atoms with E-state index in [0.717, 1.165) is 33.5 Å². The number of nitrogens with zero attached hydrogens (tertiary/aromatic N) is 3. The van der Waals surface area contributed by atoms with Gasteiger partial charge in [-0.15, -0.1) is 11.3 Å². The van der Waals surface area contributed by atoms with E-state index in [1.807, 2.05) is 61.3 Å². The molecule has 6 heteroatoms. The molecule has 1 aromatic carbocycles. The van der Waals surface area contributed by atoms with Crippen molar-refractivity contribution in [1.29, 1.82) is 0 Å². The molecular formula is C17H18N4OS. The molecular weight excluding hydrogens is 308 g/mol. The zero-order valence-corrected chi connectivity index (χ0v) is 14.1. The molecule has 23 heavy (non-hydrogen) atoms. The predicted molar refractivity (Wildman–Crippen MR) is 92.2 cm³/mol. The van der Waals surface area contributed by atoms with Gasteiger partial charge in [0.2, 0.25) is 5.91 Å². The molecule has 0 bridgehead atoms. The fraction of sp³-hybridized carbons (Fsp3) is 0.235. The van der Waals surface area contributed by atoms with Gasteiger partial charge in [0.05, 0.1) is 29.1 Å². The average Bonchev–Trinajstić information content (AvgIpc) is 3.07. The van der Waals surface area contributed by atoms with Gasteiger partial charge in [0.1, 0.15) is 0 Å². The van der Waals surface area contributed by atoms with Crippen LogP contribution in [0, 0.1) is 20.8 Å². The average molecular weight is 326 g/mol. The maximum absolute atomic E-state index is 12.0. The number of amides is 1. The summed E-state index contributed by atoms with van der Waals surface area (Å²) < 4.78 is 2.03. The second kappa shape index (κ2) is 6.34. The molecule has 1 amide bonds. The smallest absolute Gasteiger partial charge is 0.230 e. The summed E-state index contributed by atoms with van der Waals surface area (Å²) in [5, 5.41) is 5.79. The summed E-state index contributed by atoms with van der Waals surface area (Å²) in [5.74, 6) is -0.0577. The van der Waals surface area contributed by atoms with Gasteiger partial charge in [0.15, 0.2) is 0 Å². The summed E-state index contributed by atoms with van der Waals surface area (Å²) in [7, 11) is 0. The highest BCUT2D eigenvalue weighted by molar-refractivity contribution is 7.09. The van der Waals surface area contributed by atoms with Crippen molar-refractivity contribution in [3.05, 3.63) is 58.1 Å². The molecule has 0 saturated heterocycles. The van der Waals surface area contributed by atoms with Crippen LogP contribution in [0.1, 0.15) is 22.1 Å². The summed E-state index contributed by atoms with van der Waals surface area (Å²) >= 11 is 1.56. The fourth-order valence-electron chi connectivity index (χ4n) is 2.32. The highest BCUT2D eigenvalue weighted by atomic mass is 32.1. The highest BCUT2D eigenvalue weighted by Crippen LogP contribution is 2.17. The third-order valence-corrected chi connectivity index (χ3v) is 4.51. The van der Waals surface area contributed by atoms with Gasteiger partial charge in [0, 0.05) is 22.4 Å². The molecule has 0 aliphatic carbocycles. The molecule has 2 aromatic heterocycles. The van der Waals surface area contributed by atoms with Crippen LogP contribution < -0.4 is 5.32 Å². The number of rotatable bonds is 4. The lowest BCUT2D eigenvalue weighted by atomic mass is 10.2. The third-order valence-electron chi connectivity index (χ3n) is 3.69. The van der Waals surface area contributed by atoms with Crippen LogP contribution in [-0.2, 0) is 11.2 Å². The van der Waals surface area contributed by atoms with E-state index < -0.39 is 0 Å². The number of imidazole rings is 1. The Morgan fingerprint density at radius 1 is 1.22 bits per heavy atom. The first-order valence-electron chi connectivity index (χ1n) is 7.35. The van der Waals surface area contributed by atoms with Crippen molar-refractivity contribution in [2.45, 2.75) is 27.2 Å². The van der Waals surface area contributed by atoms with Crippen molar-refractivity contribution < 1.29 is 4.79 Å². The quantitative estimate of drug-likeness (QED) is 0.799. The van der Waals surface area contributed by atoms with Gasteiger partial charge in [-0.2, -0.15) is 0 Å². The van der Waals surface area contributed by atoms with Gasteiger partial charge < -0.3 is 9.88 Å². The number of carbonyl (C=O) groups is 1. The lowest BCUT2D eigenvalue weighted by molar-refractivity contribution is -0.115. The molecule has 3 aromatic rings. The van der Waals surface area contributed by atoms with Crippen molar-refractivity contribution in [3.8, 4) is 5.69 Å². The lowest BCUT2D eigenvalue weighted by Gasteiger charge is -2.08. The van der Waals surface area contributed by atoms with E-state index in [4.69, 9.17) is 0 Å². The van der Waals surface area contributed by atoms with Crippen LogP contribution in [-0.4, -0.2) is 20.4 Å². The molecule has 5 nitrogen and oxygen atoms in total. The minimum atomic E-state index is -0.0577. The molecule has 118 valence electrons. The van der Waals surface area contributed by atoms with E-state index in [0.29, 0.717) is 6.42 Å². The van der Waals surface area contributed by atoms with Crippen LogP contribution in [0.25, 0.3) is 5.69 Å². The van der Waals surface area contributed by atoms with Crippen LogP contribution in [0.4, 0.5) is 5.69 Å². The molecule has 0 spiro atoms. The van der Waals surface area contributed by atoms with Crippen LogP contribution >= 0.6 is 11.3 Å². The van der Waals surface area contributed by atoms with Crippen molar-refractivity contribution >= 4 is 22.9 Å². The Balaban J connectivity index is 1.67. The Bertz CT molecular complexity index is 833. The monoisotopic (exact) mass is 326 g/mol. The van der Waals surface area contributed by atoms with Gasteiger partial charge >= 0.3 is 0 Å². The molecule has 0 saturated carbocycles. The maximum Gasteiger partial charge on any atom is 0.230 e. The number of thiazole rings is 1. The number of hydrogen-bond donors (Lipinski definition) is 1. The number of nitrogens with one attached hydrogen (secondary N) is 1. The number of carbonyl (C=O) groups excluding carboxylic acids is 1. The van der Waals surface area contributed by atoms with Gasteiger partial charge in [-0.25, -0.2) is 9.97 Å². The van der Waals surface area contributed by atoms with Gasteiger partial charge in [-0.1, -0.05) is 0 Å². The Labute approximate surface area is 139 Å². The summed E-state index contributed by atoms with van der Waals surface area (Å²) in [6.07, 6.45) is 2.11. The molecule has 1 N–H and O–H groups in total. The van der Waals surface area contributed by atoms with E-state index >= 15 is 0 Å². The zero-order valence-electron chi connectivity index (χ0n) is 13.3. The second-order valence-corrected chi connectivity index (χ2v) is 6.48. The van der Waals surface area contributed by atoms with Crippen LogP contribution in [0.2, 0.25) is 0 Å². The standard InChI is InChI=1S/C17H18N4OS/c1-11-12(2)21(10-18-11)16-6-4-14(5-7-16)20-17(22)8-15-9-23-13(3)19-15/h4-7,9-10H,8H2,1-3H3,(H,20,22). The highest BCUT2D eigenvalue weighted by Gasteiger charge is 2.08. The first-order chi connectivity index (χ1) is 11.0. The summed E-state index contributed by atoms with van der Waals surface area (Å²) in [4.78, 5) is 20.6. The van der Waals surface area contributed by atoms with Crippen LogP contribution in [0.5, 0.6) is 0 Å². The second-order valence-electron chi connectivity index (χ2n) is 5.42. The lowest BCUT2D eigenvalue weighted by Crippen LogP contribution is -2.14. The Morgan fingerprint density at radius 2 is 1.96 bits per heavy atom. The number of benzene rings is 1. The minimum absolute atomic E-state index is 0.0577. The summed E-state index contributed by atoms with van der Waals surface area (Å²) in [5.41, 5.74) is 4.74. The first kappa shape index (κ1) is 15.4. The fourth-order valence-corrected chi connectivity index (χ4v) is 2.94. The Kier molecular flexibility index (Phi) is 4.25. The molecule has 0 aliphatic rings. The molecule has 0 unspecified atom stereocenters. The molecule has 0 radical (unpaired) electrons.